The molecule has 2 atom stereocenters. The zero-order valence-electron chi connectivity index (χ0n) is 14.2. The Balaban J connectivity index is 0. The van der Waals surface area contributed by atoms with Gasteiger partial charge >= 0.3 is 23.9 Å². The van der Waals surface area contributed by atoms with Crippen LogP contribution in [0.1, 0.15) is 40.5 Å². The summed E-state index contributed by atoms with van der Waals surface area (Å²) in [6, 6.07) is 0. The molecule has 0 aromatic carbocycles. The predicted molar refractivity (Wildman–Crippen MR) is 85.2 cm³/mol. The van der Waals surface area contributed by atoms with Gasteiger partial charge in [-0.3, -0.25) is 0 Å². The van der Waals surface area contributed by atoms with E-state index >= 15 is 0 Å². The fourth-order valence-electron chi connectivity index (χ4n) is 0.920. The molecule has 0 aliphatic rings. The van der Waals surface area contributed by atoms with Gasteiger partial charge in [0.05, 0.1) is 12.2 Å². The molecule has 0 fully saturated rings. The molecule has 0 spiro atoms. The van der Waals surface area contributed by atoms with E-state index in [1.807, 2.05) is 13.8 Å². The monoisotopic (exact) mass is 344 g/mol. The summed E-state index contributed by atoms with van der Waals surface area (Å²) in [6.07, 6.45) is 4.53. The Morgan fingerprint density at radius 1 is 0.750 bits per heavy atom. The van der Waals surface area contributed by atoms with E-state index in [0.717, 1.165) is 25.0 Å². The number of carboxylic acids is 2. The second-order valence-electron chi connectivity index (χ2n) is 4.65. The highest BCUT2D eigenvalue weighted by molar-refractivity contribution is 5.91. The molecular weight excluding hydrogens is 320 g/mol. The average Bonchev–Trinajstić information content (AvgIpc) is 2.51. The first-order valence-corrected chi connectivity index (χ1v) is 7.35. The number of carboxylic acid groups (broad SMARTS) is 2. The summed E-state index contributed by atoms with van der Waals surface area (Å²) in [7, 11) is 0. The van der Waals surface area contributed by atoms with Crippen LogP contribution in [0.4, 0.5) is 0 Å². The number of aliphatic carboxylic acids is 2. The molecule has 0 heterocycles. The number of carbonyl (C=O) groups is 4. The minimum absolute atomic E-state index is 0.136. The first-order valence-electron chi connectivity index (χ1n) is 7.35. The van der Waals surface area contributed by atoms with Crippen molar-refractivity contribution in [1.82, 2.24) is 0 Å². The third kappa shape index (κ3) is 17.4. The molecule has 0 aromatic heterocycles. The van der Waals surface area contributed by atoms with Gasteiger partial charge in [0, 0.05) is 24.3 Å². The molecule has 2 N–H and O–H groups in total. The summed E-state index contributed by atoms with van der Waals surface area (Å²) in [4.78, 5) is 41.4. The van der Waals surface area contributed by atoms with Crippen LogP contribution >= 0.6 is 0 Å². The Labute approximate surface area is 140 Å². The molecular formula is C16H24O8. The van der Waals surface area contributed by atoms with Gasteiger partial charge in [0.15, 0.2) is 0 Å². The molecule has 0 saturated heterocycles. The van der Waals surface area contributed by atoms with Gasteiger partial charge in [-0.2, -0.15) is 0 Å². The minimum Gasteiger partial charge on any atom is -0.478 e. The van der Waals surface area contributed by atoms with Crippen molar-refractivity contribution in [1.29, 1.82) is 0 Å². The lowest BCUT2D eigenvalue weighted by molar-refractivity contribution is -0.145. The predicted octanol–water partition coefficient (Wildman–Crippen LogP) is 1.94. The van der Waals surface area contributed by atoms with Crippen LogP contribution in [0.3, 0.4) is 0 Å². The number of carbonyl (C=O) groups excluding carboxylic acids is 2. The van der Waals surface area contributed by atoms with E-state index in [0.29, 0.717) is 12.2 Å². The Hall–Kier alpha value is -2.64. The van der Waals surface area contributed by atoms with Crippen molar-refractivity contribution in [3.63, 3.8) is 0 Å². The van der Waals surface area contributed by atoms with Gasteiger partial charge in [-0.1, -0.05) is 13.8 Å². The molecule has 0 amide bonds. The summed E-state index contributed by atoms with van der Waals surface area (Å²) in [5.41, 5.74) is 0. The SMILES string of the molecule is CCC(C)OC(=O)/C=C/C(=O)OC(C)CC.O=C(O)/C=C/C(=O)O. The molecule has 8 heteroatoms. The lowest BCUT2D eigenvalue weighted by Crippen LogP contribution is -2.14. The number of rotatable bonds is 8. The third-order valence-corrected chi connectivity index (χ3v) is 2.51. The van der Waals surface area contributed by atoms with Crippen LogP contribution in [0.2, 0.25) is 0 Å². The Morgan fingerprint density at radius 3 is 1.25 bits per heavy atom. The fourth-order valence-corrected chi connectivity index (χ4v) is 0.920. The van der Waals surface area contributed by atoms with Crippen LogP contribution in [0.25, 0.3) is 0 Å². The molecule has 0 aliphatic carbocycles. The highest BCUT2D eigenvalue weighted by atomic mass is 16.5. The Bertz CT molecular complexity index is 436. The van der Waals surface area contributed by atoms with Crippen molar-refractivity contribution in [3.8, 4) is 0 Å². The second kappa shape index (κ2) is 14.0. The Kier molecular flexibility index (Phi) is 13.8. The third-order valence-electron chi connectivity index (χ3n) is 2.51. The summed E-state index contributed by atoms with van der Waals surface area (Å²) in [5.74, 6) is -3.55. The van der Waals surface area contributed by atoms with E-state index in [2.05, 4.69) is 0 Å². The molecule has 24 heavy (non-hydrogen) atoms. The number of hydrogen-bond acceptors (Lipinski definition) is 6. The van der Waals surface area contributed by atoms with Crippen molar-refractivity contribution in [2.75, 3.05) is 0 Å². The van der Waals surface area contributed by atoms with Crippen LogP contribution in [0.5, 0.6) is 0 Å². The minimum atomic E-state index is -1.26. The van der Waals surface area contributed by atoms with Gasteiger partial charge in [0.1, 0.15) is 0 Å². The van der Waals surface area contributed by atoms with Crippen molar-refractivity contribution >= 4 is 23.9 Å². The van der Waals surface area contributed by atoms with Crippen molar-refractivity contribution < 1.29 is 38.9 Å². The van der Waals surface area contributed by atoms with Gasteiger partial charge in [-0.05, 0) is 26.7 Å². The lowest BCUT2D eigenvalue weighted by Gasteiger charge is -2.09. The first kappa shape index (κ1) is 23.6. The highest BCUT2D eigenvalue weighted by Crippen LogP contribution is 1.99. The lowest BCUT2D eigenvalue weighted by atomic mass is 10.3. The van der Waals surface area contributed by atoms with E-state index in [1.165, 1.54) is 0 Å². The molecule has 8 nitrogen and oxygen atoms in total. The molecule has 0 radical (unpaired) electrons. The van der Waals surface area contributed by atoms with Gasteiger partial charge in [-0.25, -0.2) is 19.2 Å². The van der Waals surface area contributed by atoms with E-state index in [9.17, 15) is 19.2 Å². The van der Waals surface area contributed by atoms with Crippen molar-refractivity contribution in [2.24, 2.45) is 0 Å². The van der Waals surface area contributed by atoms with E-state index < -0.39 is 23.9 Å². The van der Waals surface area contributed by atoms with E-state index in [4.69, 9.17) is 19.7 Å². The molecule has 0 rings (SSSR count). The zero-order valence-corrected chi connectivity index (χ0v) is 14.2. The Morgan fingerprint density at radius 2 is 1.04 bits per heavy atom. The van der Waals surface area contributed by atoms with Crippen LogP contribution in [0, 0.1) is 0 Å². The van der Waals surface area contributed by atoms with Crippen LogP contribution in [-0.2, 0) is 28.7 Å². The summed E-state index contributed by atoms with van der Waals surface area (Å²) in [6.45, 7) is 7.42. The zero-order chi connectivity index (χ0) is 19.1. The number of esters is 2. The number of hydrogen-bond donors (Lipinski definition) is 2. The van der Waals surface area contributed by atoms with Crippen molar-refractivity contribution in [3.05, 3.63) is 24.3 Å². The van der Waals surface area contributed by atoms with Gasteiger partial charge < -0.3 is 19.7 Å². The topological polar surface area (TPSA) is 127 Å². The first-order chi connectivity index (χ1) is 11.1. The highest BCUT2D eigenvalue weighted by Gasteiger charge is 2.07. The standard InChI is InChI=1S/C12H20O4.C4H4O4/c1-5-9(3)15-11(13)7-8-12(14)16-10(4)6-2;5-3(6)1-2-4(7)8/h7-10H,5-6H2,1-4H3;1-2H,(H,5,6)(H,7,8)/b8-7+;2-1+. The summed E-state index contributed by atoms with van der Waals surface area (Å²) in [5, 5.41) is 15.6. The van der Waals surface area contributed by atoms with Gasteiger partial charge in [-0.15, -0.1) is 0 Å². The largest absolute Gasteiger partial charge is 0.478 e. The van der Waals surface area contributed by atoms with Gasteiger partial charge in [0.2, 0.25) is 0 Å². The van der Waals surface area contributed by atoms with E-state index in [-0.39, 0.29) is 12.2 Å². The maximum atomic E-state index is 11.2. The molecule has 136 valence electrons. The molecule has 0 bridgehead atoms. The maximum absolute atomic E-state index is 11.2. The number of ether oxygens (including phenoxy) is 2. The second-order valence-corrected chi connectivity index (χ2v) is 4.65. The van der Waals surface area contributed by atoms with Crippen molar-refractivity contribution in [2.45, 2.75) is 52.7 Å². The van der Waals surface area contributed by atoms with Crippen LogP contribution in [0.15, 0.2) is 24.3 Å². The molecule has 2 unspecified atom stereocenters. The average molecular weight is 344 g/mol. The fraction of sp³-hybridized carbons (Fsp3) is 0.500. The smallest absolute Gasteiger partial charge is 0.331 e. The van der Waals surface area contributed by atoms with Crippen LogP contribution in [-0.4, -0.2) is 46.3 Å². The normalized spacial score (nSPS) is 12.8. The molecule has 0 aromatic rings. The molecule has 0 aliphatic heterocycles. The maximum Gasteiger partial charge on any atom is 0.331 e. The summed E-state index contributed by atoms with van der Waals surface area (Å²) >= 11 is 0. The quantitative estimate of drug-likeness (QED) is 0.505. The van der Waals surface area contributed by atoms with Gasteiger partial charge in [0.25, 0.3) is 0 Å². The van der Waals surface area contributed by atoms with E-state index in [1.54, 1.807) is 13.8 Å². The molecule has 0 saturated carbocycles. The van der Waals surface area contributed by atoms with Crippen LogP contribution < -0.4 is 0 Å². The summed E-state index contributed by atoms with van der Waals surface area (Å²) < 4.78 is 9.90.